The van der Waals surface area contributed by atoms with E-state index in [1.54, 1.807) is 6.08 Å². The highest BCUT2D eigenvalue weighted by atomic mass is 32.1. The molecule has 0 radical (unpaired) electrons. The fourth-order valence-electron chi connectivity index (χ4n) is 11.5. The number of anilines is 1. The Labute approximate surface area is 296 Å². The molecule has 50 heavy (non-hydrogen) atoms. The Bertz CT molecular complexity index is 1930. The van der Waals surface area contributed by atoms with Crippen molar-refractivity contribution in [2.24, 2.45) is 45.9 Å². The molecule has 0 aliphatic heterocycles. The number of halogens is 4. The second-order valence-electron chi connectivity index (χ2n) is 16.3. The number of isocyanates is 1. The van der Waals surface area contributed by atoms with Crippen LogP contribution < -0.4 is 5.73 Å². The zero-order chi connectivity index (χ0) is 34.8. The lowest BCUT2D eigenvalue weighted by molar-refractivity contribution is -0.126. The Morgan fingerprint density at radius 1 is 0.740 bits per heavy atom. The second kappa shape index (κ2) is 13.1. The van der Waals surface area contributed by atoms with Crippen LogP contribution in [-0.4, -0.2) is 27.4 Å². The number of nitrogens with zero attached hydrogens (tertiary/aromatic N) is 3. The topological polar surface area (TPSA) is 98.3 Å². The monoisotopic (exact) mass is 724 g/mol. The van der Waals surface area contributed by atoms with E-state index in [1.165, 1.54) is 101 Å². The largest absolute Gasteiger partial charge is 0.375 e. The predicted octanol–water partition coefficient (Wildman–Crippen LogP) is 9.74. The molecule has 264 valence electrons. The number of nitrogen functional groups attached to an aromatic ring is 1. The summed E-state index contributed by atoms with van der Waals surface area (Å²) < 4.78 is 53.6. The van der Waals surface area contributed by atoms with E-state index in [4.69, 9.17) is 5.73 Å². The van der Waals surface area contributed by atoms with Crippen LogP contribution in [0.1, 0.15) is 88.5 Å². The van der Waals surface area contributed by atoms with Gasteiger partial charge < -0.3 is 5.73 Å². The molecule has 12 heteroatoms. The zero-order valence-electron chi connectivity index (χ0n) is 27.7. The minimum atomic E-state index is -0.669. The minimum absolute atomic E-state index is 0.0521. The van der Waals surface area contributed by atoms with E-state index in [9.17, 15) is 27.2 Å². The van der Waals surface area contributed by atoms with Gasteiger partial charge in [-0.1, -0.05) is 11.3 Å². The summed E-state index contributed by atoms with van der Waals surface area (Å²) in [5.41, 5.74) is 5.92. The first kappa shape index (κ1) is 33.9. The van der Waals surface area contributed by atoms with Gasteiger partial charge in [-0.15, -0.1) is 11.3 Å². The Kier molecular flexibility index (Phi) is 8.87. The number of thiazole rings is 2. The quantitative estimate of drug-likeness (QED) is 0.126. The first-order valence-electron chi connectivity index (χ1n) is 17.8. The number of hydrogen-bond donors (Lipinski definition) is 1. The molecule has 12 rings (SSSR count). The standard InChI is InChI=1S/C20H21F2NOS.C11H15NO.C7H4F2N2S/c21-14-4-16(22)19-17(5-14)25-18(23-19)6-15(24)10-20-7-11-1-12(8-20)3-13(2-11)9-20;13-7-12-11-4-8-1-9(5-11)3-10(2-8)6-11;8-3-1-4(9)6-5(2-3)12-7(10)11-6/h4-5,11-13H,1-3,6-10H2;8-10H,1-6H2;1-2H,(H2,10,11). The molecule has 8 aliphatic carbocycles. The van der Waals surface area contributed by atoms with Crippen LogP contribution in [0.15, 0.2) is 29.3 Å². The summed E-state index contributed by atoms with van der Waals surface area (Å²) in [7, 11) is 0. The van der Waals surface area contributed by atoms with Crippen molar-refractivity contribution >= 4 is 60.1 Å². The number of aliphatic imine (C=N–C) groups is 1. The number of Topliss-reactive ketones (excluding diaryl/α,β-unsaturated/α-hetero) is 1. The molecular formula is C38H40F4N4O2S2. The molecule has 0 spiro atoms. The lowest BCUT2D eigenvalue weighted by Gasteiger charge is -2.56. The lowest BCUT2D eigenvalue weighted by Crippen LogP contribution is -2.49. The molecule has 6 nitrogen and oxygen atoms in total. The van der Waals surface area contributed by atoms with Crippen LogP contribution >= 0.6 is 22.7 Å². The van der Waals surface area contributed by atoms with Crippen LogP contribution in [-0.2, 0) is 16.0 Å². The first-order chi connectivity index (χ1) is 23.9. The number of hydrogen-bond acceptors (Lipinski definition) is 8. The first-order valence-corrected chi connectivity index (χ1v) is 19.4. The summed E-state index contributed by atoms with van der Waals surface area (Å²) in [6.07, 6.45) is 18.2. The van der Waals surface area contributed by atoms with E-state index in [0.717, 1.165) is 59.0 Å². The molecule has 8 bridgehead atoms. The molecule has 2 aromatic heterocycles. The van der Waals surface area contributed by atoms with Crippen molar-refractivity contribution in [2.75, 3.05) is 5.73 Å². The van der Waals surface area contributed by atoms with E-state index in [1.807, 2.05) is 0 Å². The van der Waals surface area contributed by atoms with Crippen molar-refractivity contribution in [3.63, 3.8) is 0 Å². The Morgan fingerprint density at radius 3 is 1.70 bits per heavy atom. The van der Waals surface area contributed by atoms with Crippen molar-refractivity contribution in [1.82, 2.24) is 9.97 Å². The third-order valence-electron chi connectivity index (χ3n) is 12.3. The molecule has 0 atom stereocenters. The smallest absolute Gasteiger partial charge is 0.235 e. The molecule has 2 aromatic carbocycles. The van der Waals surface area contributed by atoms with Crippen molar-refractivity contribution in [1.29, 1.82) is 0 Å². The summed E-state index contributed by atoms with van der Waals surface area (Å²) in [5.74, 6) is 2.82. The van der Waals surface area contributed by atoms with Crippen LogP contribution in [0.4, 0.5) is 22.7 Å². The number of ketones is 1. The average molecular weight is 725 g/mol. The molecule has 0 amide bonds. The maximum atomic E-state index is 13.8. The molecule has 8 saturated carbocycles. The van der Waals surface area contributed by atoms with Gasteiger partial charge in [0.25, 0.3) is 0 Å². The van der Waals surface area contributed by atoms with Crippen molar-refractivity contribution in [3.05, 3.63) is 52.5 Å². The molecule has 8 aliphatic rings. The maximum Gasteiger partial charge on any atom is 0.235 e. The number of fused-ring (bicyclic) bond motifs is 2. The average Bonchev–Trinajstić information content (AvgIpc) is 3.58. The molecule has 0 unspecified atom stereocenters. The Balaban J connectivity index is 0.000000121. The van der Waals surface area contributed by atoms with Gasteiger partial charge in [0.2, 0.25) is 6.08 Å². The van der Waals surface area contributed by atoms with Gasteiger partial charge in [0, 0.05) is 18.6 Å². The lowest BCUT2D eigenvalue weighted by atomic mass is 9.48. The molecule has 2 heterocycles. The van der Waals surface area contributed by atoms with Crippen LogP contribution in [0.2, 0.25) is 0 Å². The normalized spacial score (nSPS) is 32.7. The molecule has 0 saturated heterocycles. The number of aromatic nitrogens is 2. The summed E-state index contributed by atoms with van der Waals surface area (Å²) in [5, 5.41) is 0.851. The third kappa shape index (κ3) is 6.87. The fraction of sp³-hybridized carbons (Fsp3) is 0.579. The van der Waals surface area contributed by atoms with Crippen LogP contribution in [0.3, 0.4) is 0 Å². The van der Waals surface area contributed by atoms with Gasteiger partial charge in [0.15, 0.2) is 16.8 Å². The molecule has 2 N–H and O–H groups in total. The molecule has 8 fully saturated rings. The van der Waals surface area contributed by atoms with E-state index in [-0.39, 0.29) is 39.3 Å². The van der Waals surface area contributed by atoms with Gasteiger partial charge in [-0.25, -0.2) is 32.3 Å². The predicted molar refractivity (Wildman–Crippen MR) is 186 cm³/mol. The Hall–Kier alpha value is -3.21. The number of rotatable bonds is 5. The maximum absolute atomic E-state index is 13.8. The summed E-state index contributed by atoms with van der Waals surface area (Å²) in [4.78, 5) is 35.2. The van der Waals surface area contributed by atoms with Gasteiger partial charge in [0.05, 0.1) is 21.4 Å². The summed E-state index contributed by atoms with van der Waals surface area (Å²) >= 11 is 2.30. The van der Waals surface area contributed by atoms with E-state index in [2.05, 4.69) is 15.0 Å². The highest BCUT2D eigenvalue weighted by Crippen LogP contribution is 2.61. The number of nitrogens with two attached hydrogens (primary N) is 1. The SMILES string of the molecule is Nc1nc2c(F)cc(F)cc2s1.O=C(Cc1nc2c(F)cc(F)cc2s1)CC12CC3CC(CC(C3)C1)C2.O=C=NC12CC3CC(CC(C3)C1)C2. The van der Waals surface area contributed by atoms with Gasteiger partial charge in [-0.3, -0.25) is 4.79 Å². The van der Waals surface area contributed by atoms with E-state index in [0.29, 0.717) is 20.8 Å². The van der Waals surface area contributed by atoms with Gasteiger partial charge in [0.1, 0.15) is 33.5 Å². The van der Waals surface area contributed by atoms with Crippen molar-refractivity contribution in [3.8, 4) is 0 Å². The van der Waals surface area contributed by atoms with Crippen molar-refractivity contribution < 1.29 is 27.2 Å². The van der Waals surface area contributed by atoms with Crippen LogP contribution in [0, 0.1) is 64.2 Å². The van der Waals surface area contributed by atoms with Gasteiger partial charge in [-0.05, 0) is 130 Å². The summed E-state index contributed by atoms with van der Waals surface area (Å²) in [6, 6.07) is 4.15. The van der Waals surface area contributed by atoms with Gasteiger partial charge in [-0.2, -0.15) is 4.99 Å². The zero-order valence-corrected chi connectivity index (χ0v) is 29.4. The number of carbonyl (C=O) groups excluding carboxylic acids is 2. The van der Waals surface area contributed by atoms with E-state index < -0.39 is 23.3 Å². The van der Waals surface area contributed by atoms with E-state index >= 15 is 0 Å². The molecule has 4 aromatic rings. The Morgan fingerprint density at radius 2 is 1.20 bits per heavy atom. The number of benzene rings is 2. The third-order valence-corrected chi connectivity index (χ3v) is 14.1. The minimum Gasteiger partial charge on any atom is -0.375 e. The second-order valence-corrected chi connectivity index (χ2v) is 18.5. The fourth-order valence-corrected chi connectivity index (χ4v) is 13.3. The van der Waals surface area contributed by atoms with Gasteiger partial charge >= 0.3 is 0 Å². The highest BCUT2D eigenvalue weighted by molar-refractivity contribution is 7.22. The number of carbonyl (C=O) groups is 1. The van der Waals surface area contributed by atoms with Crippen LogP contribution in [0.25, 0.3) is 20.4 Å². The summed E-state index contributed by atoms with van der Waals surface area (Å²) in [6.45, 7) is 0. The molecular weight excluding hydrogens is 685 g/mol. The highest BCUT2D eigenvalue weighted by Gasteiger charge is 2.52. The van der Waals surface area contributed by atoms with Crippen molar-refractivity contribution in [2.45, 2.75) is 95.4 Å². The van der Waals surface area contributed by atoms with Crippen LogP contribution in [0.5, 0.6) is 0 Å².